The Kier molecular flexibility index (Phi) is 5.55. The number of nitrogens with one attached hydrogen (secondary N) is 1. The molecule has 0 fully saturated rings. The molecule has 3 rings (SSSR count). The lowest BCUT2D eigenvalue weighted by molar-refractivity contribution is 0.0518. The van der Waals surface area contributed by atoms with Crippen LogP contribution in [0.25, 0.3) is 5.69 Å². The van der Waals surface area contributed by atoms with Crippen molar-refractivity contribution in [3.8, 4) is 5.69 Å². The van der Waals surface area contributed by atoms with Gasteiger partial charge in [-0.25, -0.2) is 9.18 Å². The summed E-state index contributed by atoms with van der Waals surface area (Å²) >= 11 is 0. The maximum Gasteiger partial charge on any atom is 0.360 e. The predicted octanol–water partition coefficient (Wildman–Crippen LogP) is 2.56. The molecule has 7 nitrogen and oxygen atoms in total. The van der Waals surface area contributed by atoms with Gasteiger partial charge < -0.3 is 10.1 Å². The molecule has 27 heavy (non-hydrogen) atoms. The first-order valence-electron chi connectivity index (χ1n) is 8.28. The SMILES string of the molecule is CCOC(=O)c1nn(-c2ccc(F)cc2)c(=O)cc1NCc1ccncc1. The molecule has 0 aliphatic carbocycles. The molecule has 0 radical (unpaired) electrons. The molecule has 0 aliphatic rings. The van der Waals surface area contributed by atoms with Crippen molar-refractivity contribution in [3.63, 3.8) is 0 Å². The summed E-state index contributed by atoms with van der Waals surface area (Å²) in [6, 6.07) is 10.1. The average molecular weight is 368 g/mol. The number of nitrogens with zero attached hydrogens (tertiary/aromatic N) is 3. The molecular weight excluding hydrogens is 351 g/mol. The minimum Gasteiger partial charge on any atom is -0.461 e. The third-order valence-corrected chi connectivity index (χ3v) is 3.70. The maximum atomic E-state index is 13.1. The van der Waals surface area contributed by atoms with E-state index in [0.29, 0.717) is 12.2 Å². The molecule has 0 aliphatic heterocycles. The number of pyridine rings is 1. The molecule has 1 aromatic carbocycles. The van der Waals surface area contributed by atoms with E-state index in [-0.39, 0.29) is 18.0 Å². The van der Waals surface area contributed by atoms with Gasteiger partial charge in [-0.05, 0) is 48.9 Å². The van der Waals surface area contributed by atoms with E-state index >= 15 is 0 Å². The largest absolute Gasteiger partial charge is 0.461 e. The molecule has 138 valence electrons. The van der Waals surface area contributed by atoms with Crippen molar-refractivity contribution in [2.24, 2.45) is 0 Å². The highest BCUT2D eigenvalue weighted by atomic mass is 19.1. The van der Waals surface area contributed by atoms with E-state index in [2.05, 4.69) is 15.4 Å². The Morgan fingerprint density at radius 3 is 2.56 bits per heavy atom. The number of benzene rings is 1. The Hall–Kier alpha value is -3.55. The van der Waals surface area contributed by atoms with E-state index in [4.69, 9.17) is 4.74 Å². The van der Waals surface area contributed by atoms with Crippen LogP contribution in [0.2, 0.25) is 0 Å². The van der Waals surface area contributed by atoms with E-state index in [9.17, 15) is 14.0 Å². The number of hydrogen-bond acceptors (Lipinski definition) is 6. The molecule has 2 aromatic heterocycles. The fourth-order valence-corrected chi connectivity index (χ4v) is 2.41. The summed E-state index contributed by atoms with van der Waals surface area (Å²) in [5.74, 6) is -1.10. The first-order chi connectivity index (χ1) is 13.1. The highest BCUT2D eigenvalue weighted by Crippen LogP contribution is 2.15. The molecule has 0 amide bonds. The third-order valence-electron chi connectivity index (χ3n) is 3.70. The van der Waals surface area contributed by atoms with Crippen LogP contribution in [0, 0.1) is 5.82 Å². The minimum atomic E-state index is -0.661. The Morgan fingerprint density at radius 1 is 1.19 bits per heavy atom. The van der Waals surface area contributed by atoms with E-state index in [1.165, 1.54) is 30.3 Å². The second kappa shape index (κ2) is 8.22. The van der Waals surface area contributed by atoms with Crippen LogP contribution >= 0.6 is 0 Å². The van der Waals surface area contributed by atoms with Crippen molar-refractivity contribution in [2.75, 3.05) is 11.9 Å². The van der Waals surface area contributed by atoms with Crippen LogP contribution in [-0.2, 0) is 11.3 Å². The monoisotopic (exact) mass is 368 g/mol. The predicted molar refractivity (Wildman–Crippen MR) is 97.3 cm³/mol. The van der Waals surface area contributed by atoms with Crippen LogP contribution in [0.4, 0.5) is 10.1 Å². The molecule has 0 atom stereocenters. The van der Waals surface area contributed by atoms with Gasteiger partial charge in [0, 0.05) is 25.0 Å². The van der Waals surface area contributed by atoms with E-state index < -0.39 is 17.3 Å². The highest BCUT2D eigenvalue weighted by molar-refractivity contribution is 5.93. The summed E-state index contributed by atoms with van der Waals surface area (Å²) in [6.45, 7) is 2.22. The lowest BCUT2D eigenvalue weighted by atomic mass is 10.2. The fourth-order valence-electron chi connectivity index (χ4n) is 2.41. The van der Waals surface area contributed by atoms with Crippen molar-refractivity contribution in [3.05, 3.63) is 82.3 Å². The van der Waals surface area contributed by atoms with Crippen molar-refractivity contribution in [1.29, 1.82) is 0 Å². The number of esters is 1. The molecular formula is C19H17FN4O3. The minimum absolute atomic E-state index is 0.0326. The quantitative estimate of drug-likeness (QED) is 0.673. The summed E-state index contributed by atoms with van der Waals surface area (Å²) in [5.41, 5.74) is 1.02. The highest BCUT2D eigenvalue weighted by Gasteiger charge is 2.18. The van der Waals surface area contributed by atoms with E-state index in [1.807, 2.05) is 12.1 Å². The van der Waals surface area contributed by atoms with Gasteiger partial charge in [-0.1, -0.05) is 0 Å². The van der Waals surface area contributed by atoms with Gasteiger partial charge in [-0.3, -0.25) is 9.78 Å². The van der Waals surface area contributed by atoms with E-state index in [0.717, 1.165) is 10.2 Å². The standard InChI is InChI=1S/C19H17FN4O3/c1-2-27-19(26)18-16(22-12-13-7-9-21-10-8-13)11-17(25)24(23-18)15-5-3-14(20)4-6-15/h3-11,22H,2,12H2,1H3. The number of carbonyl (C=O) groups excluding carboxylic acids is 1. The Morgan fingerprint density at radius 2 is 1.89 bits per heavy atom. The summed E-state index contributed by atoms with van der Waals surface area (Å²) in [6.07, 6.45) is 3.29. The van der Waals surface area contributed by atoms with Gasteiger partial charge in [0.1, 0.15) is 5.82 Å². The van der Waals surface area contributed by atoms with Gasteiger partial charge >= 0.3 is 5.97 Å². The Labute approximate surface area is 154 Å². The number of aromatic nitrogens is 3. The van der Waals surface area contributed by atoms with Crippen molar-refractivity contribution >= 4 is 11.7 Å². The zero-order valence-electron chi connectivity index (χ0n) is 14.6. The van der Waals surface area contributed by atoms with Crippen LogP contribution in [0.5, 0.6) is 0 Å². The average Bonchev–Trinajstić information content (AvgIpc) is 2.68. The van der Waals surface area contributed by atoms with Crippen molar-refractivity contribution in [1.82, 2.24) is 14.8 Å². The number of anilines is 1. The van der Waals surface area contributed by atoms with Gasteiger partial charge in [0.15, 0.2) is 5.69 Å². The zero-order valence-corrected chi connectivity index (χ0v) is 14.6. The summed E-state index contributed by atoms with van der Waals surface area (Å²) < 4.78 is 19.2. The number of halogens is 1. The third kappa shape index (κ3) is 4.35. The lowest BCUT2D eigenvalue weighted by Crippen LogP contribution is -2.26. The molecule has 1 N–H and O–H groups in total. The van der Waals surface area contributed by atoms with Gasteiger partial charge in [-0.2, -0.15) is 9.78 Å². The van der Waals surface area contributed by atoms with Crippen molar-refractivity contribution < 1.29 is 13.9 Å². The topological polar surface area (TPSA) is 86.1 Å². The summed E-state index contributed by atoms with van der Waals surface area (Å²) in [5, 5.41) is 7.17. The number of ether oxygens (including phenoxy) is 1. The van der Waals surface area contributed by atoms with Crippen LogP contribution < -0.4 is 10.9 Å². The Balaban J connectivity index is 1.99. The van der Waals surface area contributed by atoms with Gasteiger partial charge in [0.25, 0.3) is 5.56 Å². The number of rotatable bonds is 6. The van der Waals surface area contributed by atoms with Gasteiger partial charge in [0.05, 0.1) is 18.0 Å². The molecule has 2 heterocycles. The van der Waals surface area contributed by atoms with Gasteiger partial charge in [-0.15, -0.1) is 0 Å². The Bertz CT molecular complexity index is 988. The second-order valence-corrected chi connectivity index (χ2v) is 5.56. The fraction of sp³-hybridized carbons (Fsp3) is 0.158. The molecule has 0 spiro atoms. The van der Waals surface area contributed by atoms with Gasteiger partial charge in [0.2, 0.25) is 0 Å². The first-order valence-corrected chi connectivity index (χ1v) is 8.28. The molecule has 0 unspecified atom stereocenters. The van der Waals surface area contributed by atoms with E-state index in [1.54, 1.807) is 19.3 Å². The van der Waals surface area contributed by atoms with Crippen LogP contribution in [0.3, 0.4) is 0 Å². The van der Waals surface area contributed by atoms with Crippen LogP contribution in [0.1, 0.15) is 23.0 Å². The molecule has 0 bridgehead atoms. The summed E-state index contributed by atoms with van der Waals surface area (Å²) in [4.78, 5) is 28.7. The smallest absolute Gasteiger partial charge is 0.360 e. The maximum absolute atomic E-state index is 13.1. The molecule has 0 saturated heterocycles. The second-order valence-electron chi connectivity index (χ2n) is 5.56. The van der Waals surface area contributed by atoms with Crippen LogP contribution in [0.15, 0.2) is 59.7 Å². The van der Waals surface area contributed by atoms with Crippen LogP contribution in [-0.4, -0.2) is 27.3 Å². The molecule has 0 saturated carbocycles. The molecule has 3 aromatic rings. The number of carbonyl (C=O) groups is 1. The summed E-state index contributed by atoms with van der Waals surface area (Å²) in [7, 11) is 0. The normalized spacial score (nSPS) is 10.4. The first kappa shape index (κ1) is 18.2. The molecule has 8 heteroatoms. The number of hydrogen-bond donors (Lipinski definition) is 1. The lowest BCUT2D eigenvalue weighted by Gasteiger charge is -2.13. The van der Waals surface area contributed by atoms with Crippen molar-refractivity contribution in [2.45, 2.75) is 13.5 Å². The zero-order chi connectivity index (χ0) is 19.2.